The largest absolute Gasteiger partial charge is 3.00 e. The number of hydrogen-bond acceptors (Lipinski definition) is 9. The molecule has 1 radical (unpaired) electrons. The van der Waals surface area contributed by atoms with Gasteiger partial charge in [-0.1, -0.05) is 0 Å². The van der Waals surface area contributed by atoms with Gasteiger partial charge in [-0.2, -0.15) is 0 Å². The monoisotopic (exact) mass is 378 g/mol. The fraction of sp³-hybridized carbons (Fsp3) is 0. The zero-order valence-electron chi connectivity index (χ0n) is 5.78. The van der Waals surface area contributed by atoms with Gasteiger partial charge in [0.15, 0.2) is 0 Å². The summed E-state index contributed by atoms with van der Waals surface area (Å²) in [5.74, 6) is 0. The van der Waals surface area contributed by atoms with Crippen LogP contribution in [0.4, 0.5) is 0 Å². The van der Waals surface area contributed by atoms with E-state index in [2.05, 4.69) is 0 Å². The Bertz CT molecular complexity index is 113. The second kappa shape index (κ2) is 22.7. The van der Waals surface area contributed by atoms with Crippen molar-refractivity contribution >= 4 is 0 Å². The van der Waals surface area contributed by atoms with Crippen LogP contribution in [0.15, 0.2) is 0 Å². The van der Waals surface area contributed by atoms with Crippen molar-refractivity contribution in [3.05, 3.63) is 46.0 Å². The van der Waals surface area contributed by atoms with Gasteiger partial charge in [0, 0.05) is 0 Å². The van der Waals surface area contributed by atoms with Crippen molar-refractivity contribution in [1.82, 2.24) is 0 Å². The van der Waals surface area contributed by atoms with Gasteiger partial charge < -0.3 is 51.4 Å². The maximum absolute atomic E-state index is 8.25. The first-order valence-electron chi connectivity index (χ1n) is 1.64. The normalized spacial score (nSPS) is 5.14. The maximum Gasteiger partial charge on any atom is 3.00 e. The van der Waals surface area contributed by atoms with Crippen molar-refractivity contribution in [3.8, 4) is 0 Å². The molecule has 0 amide bonds. The van der Waals surface area contributed by atoms with Crippen LogP contribution in [0.3, 0.4) is 0 Å². The van der Waals surface area contributed by atoms with Crippen LogP contribution in [0.25, 0.3) is 0 Å². The molecule has 0 aliphatic carbocycles. The van der Waals surface area contributed by atoms with Gasteiger partial charge in [-0.05, 0) is 0 Å². The molecule has 0 aromatic carbocycles. The molecule has 91 valence electrons. The Morgan fingerprint density at radius 1 is 0.571 bits per heavy atom. The summed E-state index contributed by atoms with van der Waals surface area (Å²) in [4.78, 5) is 24.8. The van der Waals surface area contributed by atoms with Crippen LogP contribution < -0.4 is 0 Å². The van der Waals surface area contributed by atoms with Gasteiger partial charge in [0.05, 0.1) is 15.3 Å². The molecule has 0 aliphatic heterocycles. The van der Waals surface area contributed by atoms with Crippen molar-refractivity contribution in [2.24, 2.45) is 0 Å². The Morgan fingerprint density at radius 3 is 0.571 bits per heavy atom. The molecule has 0 fully saturated rings. The van der Waals surface area contributed by atoms with Crippen molar-refractivity contribution in [2.45, 2.75) is 0 Å². The average Bonchev–Trinajstić information content (AvgIpc) is 1.54. The molecule has 14 heteroatoms. The Hall–Kier alpha value is -0.921. The predicted octanol–water partition coefficient (Wildman–Crippen LogP) is -1.54. The molecule has 0 aromatic rings. The summed E-state index contributed by atoms with van der Waals surface area (Å²) in [6, 6.07) is 0. The Kier molecular flexibility index (Phi) is 47.4. The Labute approximate surface area is 113 Å². The number of hydrogen-bond donors (Lipinski definition) is 0. The van der Waals surface area contributed by atoms with Gasteiger partial charge in [0.25, 0.3) is 0 Å². The summed E-state index contributed by atoms with van der Waals surface area (Å²) < 4.78 is 0. The molecule has 13 nitrogen and oxygen atoms in total. The summed E-state index contributed by atoms with van der Waals surface area (Å²) in [6.07, 6.45) is 0. The third-order valence-corrected chi connectivity index (χ3v) is 0. The minimum atomic E-state index is -1.75. The van der Waals surface area contributed by atoms with E-state index in [-0.39, 0.29) is 52.4 Å². The molecule has 2 N–H and O–H groups in total. The summed E-state index contributed by atoms with van der Waals surface area (Å²) in [6.45, 7) is 0. The van der Waals surface area contributed by atoms with Crippen LogP contribution in [0.5, 0.6) is 0 Å². The second-order valence-corrected chi connectivity index (χ2v) is 0.671. The Balaban J connectivity index is -0.0000000270. The topological polar surface area (TPSA) is 230 Å². The van der Waals surface area contributed by atoms with Gasteiger partial charge in [-0.25, -0.2) is 0 Å². The van der Waals surface area contributed by atoms with Crippen LogP contribution in [-0.2, 0) is 0 Å². The predicted molar refractivity (Wildman–Crippen MR) is 34.7 cm³/mol. The second-order valence-electron chi connectivity index (χ2n) is 0.671. The van der Waals surface area contributed by atoms with Crippen LogP contribution in [-0.4, -0.2) is 20.7 Å². The first-order chi connectivity index (χ1) is 5.20. The SMILES string of the molecule is O.O=[N+]([O-])[O-].O=[N+]([O-])[O-].O=[N+]([O-])[O-].[Yb+3]. The van der Waals surface area contributed by atoms with Crippen molar-refractivity contribution in [3.63, 3.8) is 0 Å². The standard InChI is InChI=1S/3NO3.H2O.Yb/c3*2-1(3)4;;/h;;;1H2;/q3*-1;;+3. The van der Waals surface area contributed by atoms with E-state index in [0.717, 1.165) is 0 Å². The summed E-state index contributed by atoms with van der Waals surface area (Å²) in [5.41, 5.74) is 0. The molecule has 0 unspecified atom stereocenters. The van der Waals surface area contributed by atoms with E-state index in [0.29, 0.717) is 0 Å². The minimum absolute atomic E-state index is 0. The molecular weight excluding hydrogens is 375 g/mol. The van der Waals surface area contributed by atoms with Gasteiger partial charge >= 0.3 is 46.9 Å². The van der Waals surface area contributed by atoms with E-state index >= 15 is 0 Å². The van der Waals surface area contributed by atoms with E-state index in [1.165, 1.54) is 0 Å². The van der Waals surface area contributed by atoms with Crippen molar-refractivity contribution in [1.29, 1.82) is 0 Å². The number of rotatable bonds is 0. The minimum Gasteiger partial charge on any atom is -0.412 e. The van der Waals surface area contributed by atoms with Crippen LogP contribution in [0.1, 0.15) is 0 Å². The first kappa shape index (κ1) is 29.2. The average molecular weight is 377 g/mol. The van der Waals surface area contributed by atoms with Gasteiger partial charge in [-0.3, -0.25) is 0 Å². The molecule has 0 saturated heterocycles. The van der Waals surface area contributed by atoms with E-state index in [1.54, 1.807) is 0 Å². The van der Waals surface area contributed by atoms with E-state index < -0.39 is 15.3 Å². The van der Waals surface area contributed by atoms with Crippen molar-refractivity contribution < 1.29 is 67.7 Å². The third-order valence-electron chi connectivity index (χ3n) is 0. The van der Waals surface area contributed by atoms with E-state index in [1.807, 2.05) is 0 Å². The maximum atomic E-state index is 8.25. The van der Waals surface area contributed by atoms with Crippen molar-refractivity contribution in [2.75, 3.05) is 0 Å². The quantitative estimate of drug-likeness (QED) is 0.351. The Morgan fingerprint density at radius 2 is 0.571 bits per heavy atom. The van der Waals surface area contributed by atoms with E-state index in [9.17, 15) is 0 Å². The molecule has 0 saturated carbocycles. The fourth-order valence-corrected chi connectivity index (χ4v) is 0. The molecule has 0 atom stereocenters. The first-order valence-corrected chi connectivity index (χ1v) is 1.64. The molecule has 14 heavy (non-hydrogen) atoms. The smallest absolute Gasteiger partial charge is 0.412 e. The zero-order chi connectivity index (χ0) is 10.7. The fourth-order valence-electron chi connectivity index (χ4n) is 0. The molecule has 0 heterocycles. The van der Waals surface area contributed by atoms with E-state index in [4.69, 9.17) is 46.0 Å². The summed E-state index contributed by atoms with van der Waals surface area (Å²) in [5, 5.41) is 44.2. The summed E-state index contributed by atoms with van der Waals surface area (Å²) in [7, 11) is 0. The summed E-state index contributed by atoms with van der Waals surface area (Å²) >= 11 is 0. The van der Waals surface area contributed by atoms with Gasteiger partial charge in [0.2, 0.25) is 0 Å². The molecule has 0 aromatic heterocycles. The van der Waals surface area contributed by atoms with Crippen LogP contribution in [0, 0.1) is 92.9 Å². The molecule has 0 rings (SSSR count). The van der Waals surface area contributed by atoms with Gasteiger partial charge in [0.1, 0.15) is 0 Å². The third kappa shape index (κ3) is 1330. The number of nitrogens with zero attached hydrogens (tertiary/aromatic N) is 3. The molecule has 0 bridgehead atoms. The zero-order valence-corrected chi connectivity index (χ0v) is 7.50. The molecular formula is H2N3O10Yb. The molecule has 0 spiro atoms. The van der Waals surface area contributed by atoms with Crippen LogP contribution >= 0.6 is 0 Å². The van der Waals surface area contributed by atoms with Crippen LogP contribution in [0.2, 0.25) is 0 Å². The molecule has 0 aliphatic rings. The van der Waals surface area contributed by atoms with Gasteiger partial charge in [-0.15, -0.1) is 0 Å².